The normalized spacial score (nSPS) is 16.0. The Morgan fingerprint density at radius 1 is 1.10 bits per heavy atom. The SMILES string of the molecule is COC(=O)C(CCO)Oc1ccc(Br)cc1.O=C1OCCC1Oc1ccc(Br)cc1. The van der Waals surface area contributed by atoms with Crippen LogP contribution in [0.3, 0.4) is 0 Å². The lowest BCUT2D eigenvalue weighted by Crippen LogP contribution is -2.29. The number of rotatable bonds is 7. The summed E-state index contributed by atoms with van der Waals surface area (Å²) in [6.45, 7) is 0.330. The zero-order chi connectivity index (χ0) is 21.9. The summed E-state index contributed by atoms with van der Waals surface area (Å²) in [5.41, 5.74) is 0. The smallest absolute Gasteiger partial charge is 0.347 e. The molecule has 0 saturated carbocycles. The summed E-state index contributed by atoms with van der Waals surface area (Å²) in [6, 6.07) is 14.5. The predicted octanol–water partition coefficient (Wildman–Crippen LogP) is 3.90. The van der Waals surface area contributed by atoms with Gasteiger partial charge < -0.3 is 24.1 Å². The first-order chi connectivity index (χ1) is 14.4. The van der Waals surface area contributed by atoms with Crippen molar-refractivity contribution in [3.63, 3.8) is 0 Å². The number of aliphatic hydroxyl groups is 1. The lowest BCUT2D eigenvalue weighted by Gasteiger charge is -2.15. The van der Waals surface area contributed by atoms with Crippen molar-refractivity contribution < 1.29 is 33.6 Å². The van der Waals surface area contributed by atoms with Crippen LogP contribution in [0.1, 0.15) is 12.8 Å². The molecule has 1 fully saturated rings. The van der Waals surface area contributed by atoms with E-state index in [0.717, 1.165) is 8.95 Å². The van der Waals surface area contributed by atoms with Crippen molar-refractivity contribution in [2.24, 2.45) is 0 Å². The predicted molar refractivity (Wildman–Crippen MR) is 116 cm³/mol. The van der Waals surface area contributed by atoms with E-state index in [1.165, 1.54) is 7.11 Å². The minimum Gasteiger partial charge on any atom is -0.479 e. The quantitative estimate of drug-likeness (QED) is 0.528. The molecule has 0 bridgehead atoms. The van der Waals surface area contributed by atoms with Crippen molar-refractivity contribution in [1.82, 2.24) is 0 Å². The molecule has 30 heavy (non-hydrogen) atoms. The van der Waals surface area contributed by atoms with E-state index < -0.39 is 18.2 Å². The summed E-state index contributed by atoms with van der Waals surface area (Å²) in [6.07, 6.45) is -0.357. The Bertz CT molecular complexity index is 809. The summed E-state index contributed by atoms with van der Waals surface area (Å²) < 4.78 is 22.1. The van der Waals surface area contributed by atoms with Gasteiger partial charge in [0.2, 0.25) is 0 Å². The first kappa shape index (κ1) is 24.2. The number of carbonyl (C=O) groups excluding carboxylic acids is 2. The van der Waals surface area contributed by atoms with Gasteiger partial charge in [0.25, 0.3) is 0 Å². The molecule has 0 aromatic heterocycles. The van der Waals surface area contributed by atoms with E-state index in [1.807, 2.05) is 36.4 Å². The summed E-state index contributed by atoms with van der Waals surface area (Å²) in [4.78, 5) is 22.4. The topological polar surface area (TPSA) is 91.3 Å². The average Bonchev–Trinajstić information content (AvgIpc) is 3.15. The number of benzene rings is 2. The molecule has 0 spiro atoms. The van der Waals surface area contributed by atoms with Crippen LogP contribution in [0.15, 0.2) is 57.5 Å². The molecule has 9 heteroatoms. The highest BCUT2D eigenvalue weighted by atomic mass is 79.9. The van der Waals surface area contributed by atoms with Crippen molar-refractivity contribution in [2.45, 2.75) is 25.0 Å². The second-order valence-corrected chi connectivity index (χ2v) is 7.94. The molecular formula is C21H22Br2O7. The second-order valence-electron chi connectivity index (χ2n) is 6.11. The van der Waals surface area contributed by atoms with Crippen LogP contribution in [0.4, 0.5) is 0 Å². The van der Waals surface area contributed by atoms with Gasteiger partial charge in [0.05, 0.1) is 13.7 Å². The third-order valence-corrected chi connectivity index (χ3v) is 4.98. The molecule has 2 aromatic rings. The number of hydrogen-bond acceptors (Lipinski definition) is 7. The highest BCUT2D eigenvalue weighted by molar-refractivity contribution is 9.10. The zero-order valence-electron chi connectivity index (χ0n) is 16.3. The fourth-order valence-electron chi connectivity index (χ4n) is 2.41. The van der Waals surface area contributed by atoms with Crippen molar-refractivity contribution in [1.29, 1.82) is 0 Å². The van der Waals surface area contributed by atoms with Gasteiger partial charge in [-0.15, -0.1) is 0 Å². The molecule has 0 aliphatic carbocycles. The Kier molecular flexibility index (Phi) is 10.1. The van der Waals surface area contributed by atoms with E-state index in [1.54, 1.807) is 12.1 Å². The Labute approximate surface area is 191 Å². The van der Waals surface area contributed by atoms with Crippen LogP contribution in [0.2, 0.25) is 0 Å². The Morgan fingerprint density at radius 2 is 1.67 bits per heavy atom. The van der Waals surface area contributed by atoms with Crippen LogP contribution in [-0.2, 0) is 19.1 Å². The third kappa shape index (κ3) is 7.97. The van der Waals surface area contributed by atoms with Gasteiger partial charge >= 0.3 is 11.9 Å². The van der Waals surface area contributed by atoms with Crippen LogP contribution in [-0.4, -0.2) is 49.6 Å². The van der Waals surface area contributed by atoms with Gasteiger partial charge in [-0.05, 0) is 48.5 Å². The zero-order valence-corrected chi connectivity index (χ0v) is 19.4. The molecule has 3 rings (SSSR count). The number of cyclic esters (lactones) is 1. The highest BCUT2D eigenvalue weighted by Gasteiger charge is 2.28. The van der Waals surface area contributed by atoms with Crippen molar-refractivity contribution in [3.8, 4) is 11.5 Å². The number of carbonyl (C=O) groups is 2. The lowest BCUT2D eigenvalue weighted by molar-refractivity contribution is -0.149. The van der Waals surface area contributed by atoms with Crippen LogP contribution in [0, 0.1) is 0 Å². The second kappa shape index (κ2) is 12.6. The summed E-state index contributed by atoms with van der Waals surface area (Å²) in [5.74, 6) is 0.494. The molecule has 1 aliphatic rings. The minimum atomic E-state index is -0.767. The van der Waals surface area contributed by atoms with Gasteiger partial charge in [-0.25, -0.2) is 9.59 Å². The van der Waals surface area contributed by atoms with E-state index >= 15 is 0 Å². The van der Waals surface area contributed by atoms with E-state index in [2.05, 4.69) is 36.6 Å². The van der Waals surface area contributed by atoms with Gasteiger partial charge in [-0.3, -0.25) is 0 Å². The number of aliphatic hydroxyl groups excluding tert-OH is 1. The van der Waals surface area contributed by atoms with Gasteiger partial charge in [0.1, 0.15) is 11.5 Å². The fraction of sp³-hybridized carbons (Fsp3) is 0.333. The highest BCUT2D eigenvalue weighted by Crippen LogP contribution is 2.20. The molecule has 1 N–H and O–H groups in total. The first-order valence-corrected chi connectivity index (χ1v) is 10.7. The van der Waals surface area contributed by atoms with Crippen molar-refractivity contribution in [3.05, 3.63) is 57.5 Å². The number of hydrogen-bond donors (Lipinski definition) is 1. The molecule has 2 aromatic carbocycles. The van der Waals surface area contributed by atoms with Gasteiger partial charge in [-0.2, -0.15) is 0 Å². The average molecular weight is 546 g/mol. The summed E-state index contributed by atoms with van der Waals surface area (Å²) in [5, 5.41) is 8.81. The molecule has 0 amide bonds. The Hall–Kier alpha value is -2.10. The van der Waals surface area contributed by atoms with Crippen molar-refractivity contribution in [2.75, 3.05) is 20.3 Å². The van der Waals surface area contributed by atoms with Gasteiger partial charge in [-0.1, -0.05) is 31.9 Å². The monoisotopic (exact) mass is 544 g/mol. The van der Waals surface area contributed by atoms with E-state index in [4.69, 9.17) is 19.3 Å². The van der Waals surface area contributed by atoms with Crippen LogP contribution in [0.25, 0.3) is 0 Å². The number of esters is 2. The number of ether oxygens (including phenoxy) is 4. The Morgan fingerprint density at radius 3 is 2.13 bits per heavy atom. The molecule has 1 heterocycles. The van der Waals surface area contributed by atoms with Crippen LogP contribution >= 0.6 is 31.9 Å². The third-order valence-electron chi connectivity index (χ3n) is 3.93. The lowest BCUT2D eigenvalue weighted by atomic mass is 10.2. The molecule has 7 nitrogen and oxygen atoms in total. The summed E-state index contributed by atoms with van der Waals surface area (Å²) >= 11 is 6.62. The Balaban J connectivity index is 0.000000215. The largest absolute Gasteiger partial charge is 0.479 e. The molecule has 2 unspecified atom stereocenters. The maximum atomic E-state index is 11.3. The molecular weight excluding hydrogens is 524 g/mol. The molecule has 1 saturated heterocycles. The van der Waals surface area contributed by atoms with Gasteiger partial charge in [0, 0.05) is 28.4 Å². The molecule has 0 radical (unpaired) electrons. The van der Waals surface area contributed by atoms with Gasteiger partial charge in [0.15, 0.2) is 12.2 Å². The maximum absolute atomic E-state index is 11.3. The fourth-order valence-corrected chi connectivity index (χ4v) is 2.94. The number of halogens is 2. The first-order valence-electron chi connectivity index (χ1n) is 9.12. The minimum absolute atomic E-state index is 0.129. The maximum Gasteiger partial charge on any atom is 0.347 e. The van der Waals surface area contributed by atoms with Crippen LogP contribution in [0.5, 0.6) is 11.5 Å². The summed E-state index contributed by atoms with van der Waals surface area (Å²) in [7, 11) is 1.29. The van der Waals surface area contributed by atoms with Crippen molar-refractivity contribution >= 4 is 43.8 Å². The van der Waals surface area contributed by atoms with Crippen LogP contribution < -0.4 is 9.47 Å². The molecule has 2 atom stereocenters. The molecule has 162 valence electrons. The standard InChI is InChI=1S/C11H13BrO4.C10H9BrO3/c1-15-11(14)10(6-7-13)16-9-4-2-8(12)3-5-9;11-7-1-3-8(4-2-7)14-9-5-6-13-10(9)12/h2-5,10,13H,6-7H2,1H3;1-4,9H,5-6H2. The molecule has 1 aliphatic heterocycles. The van der Waals surface area contributed by atoms with E-state index in [0.29, 0.717) is 24.5 Å². The van der Waals surface area contributed by atoms with E-state index in [-0.39, 0.29) is 19.0 Å². The number of methoxy groups -OCH3 is 1. The van der Waals surface area contributed by atoms with E-state index in [9.17, 15) is 9.59 Å².